The van der Waals surface area contributed by atoms with E-state index in [9.17, 15) is 4.79 Å². The fourth-order valence-corrected chi connectivity index (χ4v) is 4.91. The number of thioether (sulfide) groups is 1. The maximum atomic E-state index is 12.3. The molecule has 0 aliphatic heterocycles. The van der Waals surface area contributed by atoms with Crippen LogP contribution in [0.2, 0.25) is 0 Å². The number of amides is 1. The first kappa shape index (κ1) is 19.2. The summed E-state index contributed by atoms with van der Waals surface area (Å²) in [6, 6.07) is 8.43. The summed E-state index contributed by atoms with van der Waals surface area (Å²) in [5.41, 5.74) is 2.19. The van der Waals surface area contributed by atoms with Crippen LogP contribution in [0, 0.1) is 18.8 Å². The Morgan fingerprint density at radius 3 is 2.96 bits per heavy atom. The molecule has 2 aromatic rings. The SMILES string of the molecule is Cc1cccc(Nc2nnc(SCC(=O)N[C@H]3CCC[C@H](C)[C@@H]3C)s2)c1. The van der Waals surface area contributed by atoms with Crippen molar-refractivity contribution in [3.8, 4) is 0 Å². The molecule has 5 nitrogen and oxygen atoms in total. The van der Waals surface area contributed by atoms with Gasteiger partial charge in [0.15, 0.2) is 4.34 Å². The monoisotopic (exact) mass is 390 g/mol. The van der Waals surface area contributed by atoms with Crippen molar-refractivity contribution in [2.45, 2.75) is 50.4 Å². The van der Waals surface area contributed by atoms with Crippen LogP contribution in [0.25, 0.3) is 0 Å². The summed E-state index contributed by atoms with van der Waals surface area (Å²) in [4.78, 5) is 12.3. The normalized spacial score (nSPS) is 22.8. The van der Waals surface area contributed by atoms with E-state index >= 15 is 0 Å². The van der Waals surface area contributed by atoms with Crippen molar-refractivity contribution in [1.29, 1.82) is 0 Å². The summed E-state index contributed by atoms with van der Waals surface area (Å²) in [7, 11) is 0. The predicted molar refractivity (Wildman–Crippen MR) is 109 cm³/mol. The fourth-order valence-electron chi connectivity index (χ4n) is 3.33. The van der Waals surface area contributed by atoms with Crippen molar-refractivity contribution < 1.29 is 4.79 Å². The maximum Gasteiger partial charge on any atom is 0.230 e. The van der Waals surface area contributed by atoms with Gasteiger partial charge in [-0.3, -0.25) is 4.79 Å². The van der Waals surface area contributed by atoms with Crippen molar-refractivity contribution in [3.05, 3.63) is 29.8 Å². The van der Waals surface area contributed by atoms with Gasteiger partial charge < -0.3 is 10.6 Å². The zero-order chi connectivity index (χ0) is 18.5. The van der Waals surface area contributed by atoms with Crippen LogP contribution in [-0.4, -0.2) is 27.9 Å². The van der Waals surface area contributed by atoms with E-state index in [4.69, 9.17) is 0 Å². The Kier molecular flexibility index (Phi) is 6.53. The lowest BCUT2D eigenvalue weighted by Gasteiger charge is -2.34. The minimum atomic E-state index is 0.0874. The second-order valence-corrected chi connectivity index (χ2v) is 9.30. The van der Waals surface area contributed by atoms with Gasteiger partial charge in [-0.25, -0.2) is 0 Å². The van der Waals surface area contributed by atoms with Crippen LogP contribution in [-0.2, 0) is 4.79 Å². The lowest BCUT2D eigenvalue weighted by molar-refractivity contribution is -0.119. The van der Waals surface area contributed by atoms with Gasteiger partial charge in [0.25, 0.3) is 0 Å². The van der Waals surface area contributed by atoms with E-state index in [2.05, 4.69) is 53.7 Å². The van der Waals surface area contributed by atoms with Crippen LogP contribution in [0.15, 0.2) is 28.6 Å². The standard InChI is InChI=1S/C19H26N4OS2/c1-12-6-4-8-15(10-12)20-18-22-23-19(26-18)25-11-17(24)21-16-9-5-7-13(2)14(16)3/h4,6,8,10,13-14,16H,5,7,9,11H2,1-3H3,(H,20,22)(H,21,24)/t13-,14-,16-/m0/s1. The predicted octanol–water partition coefficient (Wildman–Crippen LogP) is 4.62. The Hall–Kier alpha value is -1.60. The number of hydrogen-bond donors (Lipinski definition) is 2. The van der Waals surface area contributed by atoms with E-state index in [-0.39, 0.29) is 5.91 Å². The quantitative estimate of drug-likeness (QED) is 0.704. The molecule has 1 aliphatic rings. The first-order valence-corrected chi connectivity index (χ1v) is 10.9. The molecule has 0 saturated heterocycles. The average molecular weight is 391 g/mol. The Bertz CT molecular complexity index is 749. The van der Waals surface area contributed by atoms with E-state index in [1.165, 1.54) is 41.5 Å². The van der Waals surface area contributed by atoms with Gasteiger partial charge in [-0.2, -0.15) is 0 Å². The Balaban J connectivity index is 1.47. The molecule has 2 N–H and O–H groups in total. The molecule has 3 rings (SSSR count). The molecular formula is C19H26N4OS2. The molecule has 1 heterocycles. The largest absolute Gasteiger partial charge is 0.352 e. The Morgan fingerprint density at radius 1 is 1.31 bits per heavy atom. The van der Waals surface area contributed by atoms with Crippen molar-refractivity contribution >= 4 is 39.8 Å². The molecule has 26 heavy (non-hydrogen) atoms. The first-order chi connectivity index (χ1) is 12.5. The second kappa shape index (κ2) is 8.86. The Labute approximate surface area is 163 Å². The third-order valence-electron chi connectivity index (χ3n) is 5.06. The molecule has 1 aliphatic carbocycles. The van der Waals surface area contributed by atoms with Crippen molar-refractivity contribution in [2.75, 3.05) is 11.1 Å². The number of benzene rings is 1. The highest BCUT2D eigenvalue weighted by Gasteiger charge is 2.28. The van der Waals surface area contributed by atoms with Gasteiger partial charge in [0.1, 0.15) is 0 Å². The van der Waals surface area contributed by atoms with Crippen LogP contribution >= 0.6 is 23.1 Å². The molecule has 1 amide bonds. The van der Waals surface area contributed by atoms with Crippen LogP contribution < -0.4 is 10.6 Å². The molecule has 7 heteroatoms. The molecule has 140 valence electrons. The van der Waals surface area contributed by atoms with Gasteiger partial charge in [0.05, 0.1) is 5.75 Å². The summed E-state index contributed by atoms with van der Waals surface area (Å²) in [6.07, 6.45) is 3.56. The topological polar surface area (TPSA) is 66.9 Å². The number of anilines is 2. The lowest BCUT2D eigenvalue weighted by atomic mass is 9.78. The van der Waals surface area contributed by atoms with Gasteiger partial charge >= 0.3 is 0 Å². The van der Waals surface area contributed by atoms with E-state index < -0.39 is 0 Å². The highest BCUT2D eigenvalue weighted by Crippen LogP contribution is 2.30. The molecule has 0 radical (unpaired) electrons. The second-order valence-electron chi connectivity index (χ2n) is 7.10. The van der Waals surface area contributed by atoms with Gasteiger partial charge in [-0.05, 0) is 42.9 Å². The Morgan fingerprint density at radius 2 is 2.15 bits per heavy atom. The minimum Gasteiger partial charge on any atom is -0.352 e. The lowest BCUT2D eigenvalue weighted by Crippen LogP contribution is -2.44. The van der Waals surface area contributed by atoms with Crippen molar-refractivity contribution in [3.63, 3.8) is 0 Å². The molecule has 1 aromatic carbocycles. The first-order valence-electron chi connectivity index (χ1n) is 9.10. The number of nitrogens with zero attached hydrogens (tertiary/aromatic N) is 2. The number of aryl methyl sites for hydroxylation is 1. The number of hydrogen-bond acceptors (Lipinski definition) is 6. The molecule has 3 atom stereocenters. The van der Waals surface area contributed by atoms with E-state index in [0.29, 0.717) is 23.6 Å². The maximum absolute atomic E-state index is 12.3. The van der Waals surface area contributed by atoms with Crippen LogP contribution in [0.3, 0.4) is 0 Å². The van der Waals surface area contributed by atoms with Crippen LogP contribution in [0.5, 0.6) is 0 Å². The van der Waals surface area contributed by atoms with E-state index in [1.807, 2.05) is 12.1 Å². The molecule has 0 unspecified atom stereocenters. The molecule has 1 fully saturated rings. The number of carbonyl (C=O) groups is 1. The number of nitrogens with one attached hydrogen (secondary N) is 2. The summed E-state index contributed by atoms with van der Waals surface area (Å²) in [5.74, 6) is 1.70. The summed E-state index contributed by atoms with van der Waals surface area (Å²) in [6.45, 7) is 6.58. The summed E-state index contributed by atoms with van der Waals surface area (Å²) >= 11 is 2.92. The molecule has 0 bridgehead atoms. The molecule has 1 saturated carbocycles. The zero-order valence-electron chi connectivity index (χ0n) is 15.5. The van der Waals surface area contributed by atoms with Gasteiger partial charge in [-0.1, -0.05) is 61.9 Å². The van der Waals surface area contributed by atoms with Gasteiger partial charge in [0, 0.05) is 11.7 Å². The molecular weight excluding hydrogens is 364 g/mol. The number of carbonyl (C=O) groups excluding carboxylic acids is 1. The van der Waals surface area contributed by atoms with E-state index in [0.717, 1.165) is 21.6 Å². The smallest absolute Gasteiger partial charge is 0.230 e. The summed E-state index contributed by atoms with van der Waals surface area (Å²) in [5, 5.41) is 15.5. The van der Waals surface area contributed by atoms with Gasteiger partial charge in [-0.15, -0.1) is 10.2 Å². The van der Waals surface area contributed by atoms with Crippen LogP contribution in [0.1, 0.15) is 38.7 Å². The average Bonchev–Trinajstić information content (AvgIpc) is 3.05. The third kappa shape index (κ3) is 5.20. The van der Waals surface area contributed by atoms with E-state index in [1.54, 1.807) is 0 Å². The minimum absolute atomic E-state index is 0.0874. The van der Waals surface area contributed by atoms with Crippen LogP contribution in [0.4, 0.5) is 10.8 Å². The number of aromatic nitrogens is 2. The zero-order valence-corrected chi connectivity index (χ0v) is 17.1. The van der Waals surface area contributed by atoms with Crippen molar-refractivity contribution in [2.24, 2.45) is 11.8 Å². The summed E-state index contributed by atoms with van der Waals surface area (Å²) < 4.78 is 0.806. The molecule has 1 aromatic heterocycles. The fraction of sp³-hybridized carbons (Fsp3) is 0.526. The highest BCUT2D eigenvalue weighted by atomic mass is 32.2. The third-order valence-corrected chi connectivity index (χ3v) is 7.03. The molecule has 0 spiro atoms. The van der Waals surface area contributed by atoms with Gasteiger partial charge in [0.2, 0.25) is 11.0 Å². The number of rotatable bonds is 6. The highest BCUT2D eigenvalue weighted by molar-refractivity contribution is 8.01. The van der Waals surface area contributed by atoms with Crippen molar-refractivity contribution in [1.82, 2.24) is 15.5 Å².